The molecule has 5 heteroatoms. The normalized spacial score (nSPS) is 14.4. The number of carbonyl (C=O) groups is 1. The molecule has 0 bridgehead atoms. The third kappa shape index (κ3) is 2.83. The molecule has 19 heavy (non-hydrogen) atoms. The Morgan fingerprint density at radius 2 is 2.26 bits per heavy atom. The number of aromatic nitrogens is 1. The Hall–Kier alpha value is -1.72. The van der Waals surface area contributed by atoms with Gasteiger partial charge in [0.05, 0.1) is 6.61 Å². The van der Waals surface area contributed by atoms with Gasteiger partial charge in [-0.2, -0.15) is 0 Å². The first-order chi connectivity index (χ1) is 9.26. The Morgan fingerprint density at radius 1 is 1.42 bits per heavy atom. The van der Waals surface area contributed by atoms with Gasteiger partial charge in [-0.25, -0.2) is 4.98 Å². The molecule has 1 aliphatic rings. The SMILES string of the molecule is O=C(Nc1cc(-c2csc(CO)c2)ccn1)C1CC1. The van der Waals surface area contributed by atoms with Crippen molar-refractivity contribution in [2.45, 2.75) is 19.4 Å². The first-order valence-corrected chi connectivity index (χ1v) is 7.10. The van der Waals surface area contributed by atoms with Crippen LogP contribution in [0.4, 0.5) is 5.82 Å². The van der Waals surface area contributed by atoms with E-state index in [4.69, 9.17) is 5.11 Å². The molecule has 0 atom stereocenters. The summed E-state index contributed by atoms with van der Waals surface area (Å²) in [5.41, 5.74) is 2.04. The number of aliphatic hydroxyl groups is 1. The fourth-order valence-electron chi connectivity index (χ4n) is 1.87. The maximum atomic E-state index is 11.7. The number of aliphatic hydroxyl groups excluding tert-OH is 1. The smallest absolute Gasteiger partial charge is 0.228 e. The molecule has 0 radical (unpaired) electrons. The Morgan fingerprint density at radius 3 is 2.95 bits per heavy atom. The lowest BCUT2D eigenvalue weighted by Crippen LogP contribution is -2.14. The Labute approximate surface area is 115 Å². The molecule has 4 nitrogen and oxygen atoms in total. The summed E-state index contributed by atoms with van der Waals surface area (Å²) in [6.07, 6.45) is 3.65. The van der Waals surface area contributed by atoms with E-state index in [0.717, 1.165) is 28.8 Å². The number of nitrogens with one attached hydrogen (secondary N) is 1. The Balaban J connectivity index is 1.80. The molecular formula is C14H14N2O2S. The number of pyridine rings is 1. The van der Waals surface area contributed by atoms with Gasteiger partial charge in [-0.3, -0.25) is 4.79 Å². The third-order valence-corrected chi connectivity index (χ3v) is 4.02. The fourth-order valence-corrected chi connectivity index (χ4v) is 2.62. The number of thiophene rings is 1. The first-order valence-electron chi connectivity index (χ1n) is 6.22. The highest BCUT2D eigenvalue weighted by atomic mass is 32.1. The highest BCUT2D eigenvalue weighted by Gasteiger charge is 2.29. The summed E-state index contributed by atoms with van der Waals surface area (Å²) >= 11 is 1.52. The van der Waals surface area contributed by atoms with Crippen molar-refractivity contribution in [2.24, 2.45) is 5.92 Å². The number of anilines is 1. The molecule has 3 rings (SSSR count). The Bertz CT molecular complexity index is 605. The van der Waals surface area contributed by atoms with Crippen LogP contribution in [0.5, 0.6) is 0 Å². The second-order valence-corrected chi connectivity index (χ2v) is 5.65. The van der Waals surface area contributed by atoms with Crippen LogP contribution in [-0.2, 0) is 11.4 Å². The van der Waals surface area contributed by atoms with Crippen LogP contribution in [-0.4, -0.2) is 16.0 Å². The first kappa shape index (κ1) is 12.3. The van der Waals surface area contributed by atoms with Gasteiger partial charge in [0, 0.05) is 17.0 Å². The molecule has 0 spiro atoms. The molecule has 2 aromatic heterocycles. The van der Waals surface area contributed by atoms with Gasteiger partial charge < -0.3 is 10.4 Å². The molecule has 0 aromatic carbocycles. The number of rotatable bonds is 4. The highest BCUT2D eigenvalue weighted by Crippen LogP contribution is 2.31. The largest absolute Gasteiger partial charge is 0.391 e. The molecule has 1 amide bonds. The van der Waals surface area contributed by atoms with E-state index >= 15 is 0 Å². The quantitative estimate of drug-likeness (QED) is 0.901. The van der Waals surface area contributed by atoms with Crippen molar-refractivity contribution in [1.82, 2.24) is 4.98 Å². The maximum absolute atomic E-state index is 11.7. The molecular weight excluding hydrogens is 260 g/mol. The zero-order chi connectivity index (χ0) is 13.2. The number of hydrogen-bond acceptors (Lipinski definition) is 4. The van der Waals surface area contributed by atoms with Crippen molar-refractivity contribution in [3.8, 4) is 11.1 Å². The van der Waals surface area contributed by atoms with Crippen LogP contribution >= 0.6 is 11.3 Å². The van der Waals surface area contributed by atoms with Crippen LogP contribution in [0, 0.1) is 5.92 Å². The zero-order valence-corrected chi connectivity index (χ0v) is 11.1. The second kappa shape index (κ2) is 5.11. The van der Waals surface area contributed by atoms with Gasteiger partial charge in [0.25, 0.3) is 0 Å². The summed E-state index contributed by atoms with van der Waals surface area (Å²) in [6.45, 7) is 0.0566. The van der Waals surface area contributed by atoms with E-state index in [1.807, 2.05) is 23.6 Å². The molecule has 0 aliphatic heterocycles. The van der Waals surface area contributed by atoms with Crippen LogP contribution in [0.1, 0.15) is 17.7 Å². The van der Waals surface area contributed by atoms with Gasteiger partial charge >= 0.3 is 0 Å². The minimum absolute atomic E-state index is 0.0566. The summed E-state index contributed by atoms with van der Waals surface area (Å²) in [5.74, 6) is 0.824. The van der Waals surface area contributed by atoms with Gasteiger partial charge in [0.15, 0.2) is 0 Å². The second-order valence-electron chi connectivity index (χ2n) is 4.65. The van der Waals surface area contributed by atoms with Gasteiger partial charge in [-0.05, 0) is 47.5 Å². The van der Waals surface area contributed by atoms with Crippen molar-refractivity contribution in [2.75, 3.05) is 5.32 Å². The fraction of sp³-hybridized carbons (Fsp3) is 0.286. The topological polar surface area (TPSA) is 62.2 Å². The summed E-state index contributed by atoms with van der Waals surface area (Å²) < 4.78 is 0. The van der Waals surface area contributed by atoms with E-state index in [1.54, 1.807) is 6.20 Å². The highest BCUT2D eigenvalue weighted by molar-refractivity contribution is 7.10. The van der Waals surface area contributed by atoms with Crippen molar-refractivity contribution in [1.29, 1.82) is 0 Å². The Kier molecular flexibility index (Phi) is 3.31. The van der Waals surface area contributed by atoms with Gasteiger partial charge in [0.1, 0.15) is 5.82 Å². The minimum atomic E-state index is 0.0566. The molecule has 1 aliphatic carbocycles. The van der Waals surface area contributed by atoms with E-state index in [0.29, 0.717) is 5.82 Å². The van der Waals surface area contributed by atoms with E-state index in [9.17, 15) is 4.79 Å². The summed E-state index contributed by atoms with van der Waals surface area (Å²) in [4.78, 5) is 16.8. The van der Waals surface area contributed by atoms with Crippen LogP contribution < -0.4 is 5.32 Å². The molecule has 1 saturated carbocycles. The third-order valence-electron chi connectivity index (χ3n) is 3.10. The molecule has 2 N–H and O–H groups in total. The lowest BCUT2D eigenvalue weighted by Gasteiger charge is -2.04. The number of carbonyl (C=O) groups excluding carboxylic acids is 1. The average molecular weight is 274 g/mol. The van der Waals surface area contributed by atoms with E-state index in [-0.39, 0.29) is 18.4 Å². The van der Waals surface area contributed by atoms with E-state index < -0.39 is 0 Å². The molecule has 98 valence electrons. The van der Waals surface area contributed by atoms with Crippen molar-refractivity contribution < 1.29 is 9.90 Å². The number of amides is 1. The molecule has 0 saturated heterocycles. The van der Waals surface area contributed by atoms with Crippen molar-refractivity contribution in [3.63, 3.8) is 0 Å². The van der Waals surface area contributed by atoms with Crippen LogP contribution in [0.2, 0.25) is 0 Å². The zero-order valence-electron chi connectivity index (χ0n) is 10.3. The lowest BCUT2D eigenvalue weighted by molar-refractivity contribution is -0.117. The van der Waals surface area contributed by atoms with Crippen molar-refractivity contribution >= 4 is 23.1 Å². The predicted molar refractivity (Wildman–Crippen MR) is 74.8 cm³/mol. The van der Waals surface area contributed by atoms with Gasteiger partial charge in [0.2, 0.25) is 5.91 Å². The van der Waals surface area contributed by atoms with E-state index in [1.165, 1.54) is 11.3 Å². The summed E-state index contributed by atoms with van der Waals surface area (Å²) in [6, 6.07) is 5.71. The monoisotopic (exact) mass is 274 g/mol. The van der Waals surface area contributed by atoms with Gasteiger partial charge in [-0.1, -0.05) is 0 Å². The minimum Gasteiger partial charge on any atom is -0.391 e. The predicted octanol–water partition coefficient (Wildman–Crippen LogP) is 2.65. The summed E-state index contributed by atoms with van der Waals surface area (Å²) in [7, 11) is 0. The summed E-state index contributed by atoms with van der Waals surface area (Å²) in [5, 5.41) is 13.9. The molecule has 0 unspecified atom stereocenters. The maximum Gasteiger partial charge on any atom is 0.228 e. The average Bonchev–Trinajstić information content (AvgIpc) is 3.17. The van der Waals surface area contributed by atoms with Crippen LogP contribution in [0.3, 0.4) is 0 Å². The van der Waals surface area contributed by atoms with Crippen LogP contribution in [0.15, 0.2) is 29.8 Å². The lowest BCUT2D eigenvalue weighted by atomic mass is 10.1. The molecule has 2 heterocycles. The standard InChI is InChI=1S/C14H14N2O2S/c17-7-12-5-11(8-19-12)10-3-4-15-13(6-10)16-14(18)9-1-2-9/h3-6,8-9,17H,1-2,7H2,(H,15,16,18). The number of nitrogens with zero attached hydrogens (tertiary/aromatic N) is 1. The van der Waals surface area contributed by atoms with Crippen LogP contribution in [0.25, 0.3) is 11.1 Å². The molecule has 1 fully saturated rings. The van der Waals surface area contributed by atoms with Gasteiger partial charge in [-0.15, -0.1) is 11.3 Å². The molecule has 2 aromatic rings. The van der Waals surface area contributed by atoms with Crippen molar-refractivity contribution in [3.05, 3.63) is 34.7 Å². The number of hydrogen-bond donors (Lipinski definition) is 2. The van der Waals surface area contributed by atoms with E-state index in [2.05, 4.69) is 10.3 Å².